The summed E-state index contributed by atoms with van der Waals surface area (Å²) in [6.45, 7) is 0.825. The van der Waals surface area contributed by atoms with Crippen LogP contribution in [0.2, 0.25) is 0 Å². The van der Waals surface area contributed by atoms with Crippen LogP contribution in [0, 0.1) is 5.41 Å². The Morgan fingerprint density at radius 3 is 2.67 bits per heavy atom. The van der Waals surface area contributed by atoms with Crippen molar-refractivity contribution in [3.8, 4) is 0 Å². The van der Waals surface area contributed by atoms with Gasteiger partial charge in [-0.1, -0.05) is 12.1 Å². The second kappa shape index (κ2) is 7.29. The van der Waals surface area contributed by atoms with E-state index in [0.717, 1.165) is 25.2 Å². The topological polar surface area (TPSA) is 93.2 Å². The van der Waals surface area contributed by atoms with Gasteiger partial charge in [-0.3, -0.25) is 5.41 Å². The van der Waals surface area contributed by atoms with Gasteiger partial charge in [0.05, 0.1) is 16.8 Å². The normalized spacial score (nSPS) is 18.8. The Morgan fingerprint density at radius 1 is 1.38 bits per heavy atom. The lowest BCUT2D eigenvalue weighted by atomic mass is 10.2. The smallest absolute Gasteiger partial charge is 0.179 e. The van der Waals surface area contributed by atoms with Crippen LogP contribution in [0.25, 0.3) is 0 Å². The van der Waals surface area contributed by atoms with Crippen molar-refractivity contribution in [1.82, 2.24) is 0 Å². The standard InChI is InChI=1S/C14H20N2O3S2/c15-14(16)11-3-5-13(6-4-11)21(17,18)9-8-20-10-12-2-1-7-19-12/h3-6,12H,1-2,7-10H2,(H3,15,16). The van der Waals surface area contributed by atoms with Gasteiger partial charge in [-0.05, 0) is 25.0 Å². The number of benzene rings is 1. The van der Waals surface area contributed by atoms with Crippen LogP contribution in [0.5, 0.6) is 0 Å². The van der Waals surface area contributed by atoms with Crippen molar-refractivity contribution in [3.05, 3.63) is 29.8 Å². The van der Waals surface area contributed by atoms with Crippen LogP contribution >= 0.6 is 11.8 Å². The summed E-state index contributed by atoms with van der Waals surface area (Å²) in [5.74, 6) is 1.48. The van der Waals surface area contributed by atoms with Gasteiger partial charge >= 0.3 is 0 Å². The van der Waals surface area contributed by atoms with Crippen molar-refractivity contribution in [2.24, 2.45) is 5.73 Å². The number of nitrogens with one attached hydrogen (secondary N) is 1. The highest BCUT2D eigenvalue weighted by Gasteiger charge is 2.17. The molecule has 1 unspecified atom stereocenters. The first-order valence-corrected chi connectivity index (χ1v) is 9.66. The van der Waals surface area contributed by atoms with Gasteiger partial charge in [0.15, 0.2) is 9.84 Å². The second-order valence-corrected chi connectivity index (χ2v) is 8.23. The van der Waals surface area contributed by atoms with Gasteiger partial charge in [0.2, 0.25) is 0 Å². The molecule has 21 heavy (non-hydrogen) atoms. The van der Waals surface area contributed by atoms with Crippen LogP contribution < -0.4 is 5.73 Å². The molecule has 116 valence electrons. The van der Waals surface area contributed by atoms with Gasteiger partial charge in [-0.15, -0.1) is 0 Å². The average molecular weight is 328 g/mol. The summed E-state index contributed by atoms with van der Waals surface area (Å²) in [6, 6.07) is 6.15. The fourth-order valence-electron chi connectivity index (χ4n) is 2.12. The third-order valence-electron chi connectivity index (χ3n) is 3.35. The Bertz CT molecular complexity index is 579. The molecule has 1 fully saturated rings. The van der Waals surface area contributed by atoms with Crippen LogP contribution in [-0.4, -0.2) is 44.2 Å². The van der Waals surface area contributed by atoms with E-state index in [1.165, 1.54) is 12.1 Å². The highest BCUT2D eigenvalue weighted by Crippen LogP contribution is 2.19. The summed E-state index contributed by atoms with van der Waals surface area (Å²) in [6.07, 6.45) is 2.46. The first-order valence-electron chi connectivity index (χ1n) is 6.85. The lowest BCUT2D eigenvalue weighted by Gasteiger charge is -2.09. The molecular formula is C14H20N2O3S2. The first kappa shape index (κ1) is 16.3. The van der Waals surface area contributed by atoms with E-state index in [-0.39, 0.29) is 22.6 Å². The molecule has 7 heteroatoms. The molecular weight excluding hydrogens is 308 g/mol. The zero-order valence-electron chi connectivity index (χ0n) is 11.7. The van der Waals surface area contributed by atoms with Gasteiger partial charge in [-0.2, -0.15) is 11.8 Å². The minimum absolute atomic E-state index is 0.0638. The number of hydrogen-bond acceptors (Lipinski definition) is 5. The molecule has 1 aliphatic rings. The fraction of sp³-hybridized carbons (Fsp3) is 0.500. The van der Waals surface area contributed by atoms with E-state index in [1.807, 2.05) is 0 Å². The largest absolute Gasteiger partial charge is 0.384 e. The molecule has 1 aliphatic heterocycles. The van der Waals surface area contributed by atoms with Crippen molar-refractivity contribution in [3.63, 3.8) is 0 Å². The van der Waals surface area contributed by atoms with E-state index in [0.29, 0.717) is 11.3 Å². The average Bonchev–Trinajstić information content (AvgIpc) is 2.97. The van der Waals surface area contributed by atoms with Crippen LogP contribution in [0.3, 0.4) is 0 Å². The van der Waals surface area contributed by atoms with Crippen molar-refractivity contribution in [2.45, 2.75) is 23.8 Å². The van der Waals surface area contributed by atoms with E-state index in [9.17, 15) is 8.42 Å². The van der Waals surface area contributed by atoms with E-state index >= 15 is 0 Å². The lowest BCUT2D eigenvalue weighted by molar-refractivity contribution is 0.129. The number of thioether (sulfide) groups is 1. The van der Waals surface area contributed by atoms with Gasteiger partial charge in [0, 0.05) is 23.7 Å². The Morgan fingerprint density at radius 2 is 2.10 bits per heavy atom. The van der Waals surface area contributed by atoms with Crippen LogP contribution in [0.15, 0.2) is 29.2 Å². The number of nitrogen functional groups attached to an aromatic ring is 1. The minimum atomic E-state index is -3.27. The highest BCUT2D eigenvalue weighted by molar-refractivity contribution is 8.00. The van der Waals surface area contributed by atoms with Gasteiger partial charge in [-0.25, -0.2) is 8.42 Å². The number of rotatable bonds is 7. The molecule has 0 spiro atoms. The Hall–Kier alpha value is -1.05. The molecule has 1 heterocycles. The summed E-state index contributed by atoms with van der Waals surface area (Å²) < 4.78 is 29.9. The molecule has 1 atom stereocenters. The molecule has 1 aromatic rings. The number of nitrogens with two attached hydrogens (primary N) is 1. The third kappa shape index (κ3) is 4.72. The van der Waals surface area contributed by atoms with Crippen LogP contribution in [0.1, 0.15) is 18.4 Å². The molecule has 0 bridgehead atoms. The first-order chi connectivity index (χ1) is 9.99. The predicted molar refractivity (Wildman–Crippen MR) is 85.8 cm³/mol. The third-order valence-corrected chi connectivity index (χ3v) is 6.44. The van der Waals surface area contributed by atoms with Gasteiger partial charge < -0.3 is 10.5 Å². The van der Waals surface area contributed by atoms with E-state index < -0.39 is 9.84 Å². The predicted octanol–water partition coefficient (Wildman–Crippen LogP) is 1.66. The molecule has 0 saturated carbocycles. The van der Waals surface area contributed by atoms with Gasteiger partial charge in [0.1, 0.15) is 5.84 Å². The number of sulfone groups is 1. The van der Waals surface area contributed by atoms with Crippen molar-refractivity contribution in [2.75, 3.05) is 23.9 Å². The Kier molecular flexibility index (Phi) is 5.66. The van der Waals surface area contributed by atoms with E-state index in [4.69, 9.17) is 15.9 Å². The van der Waals surface area contributed by atoms with Crippen molar-refractivity contribution in [1.29, 1.82) is 5.41 Å². The molecule has 3 N–H and O–H groups in total. The molecule has 1 saturated heterocycles. The van der Waals surface area contributed by atoms with Crippen LogP contribution in [-0.2, 0) is 14.6 Å². The lowest BCUT2D eigenvalue weighted by Crippen LogP contribution is -2.14. The zero-order chi connectivity index (χ0) is 15.3. The Labute approximate surface area is 129 Å². The highest BCUT2D eigenvalue weighted by atomic mass is 32.2. The Balaban J connectivity index is 1.84. The van der Waals surface area contributed by atoms with Crippen LogP contribution in [0.4, 0.5) is 0 Å². The molecule has 1 aromatic carbocycles. The summed E-state index contributed by atoms with van der Waals surface area (Å²) in [5, 5.41) is 7.29. The molecule has 2 rings (SSSR count). The molecule has 0 radical (unpaired) electrons. The summed E-state index contributed by atoms with van der Waals surface area (Å²) in [7, 11) is -3.27. The number of amidine groups is 1. The maximum absolute atomic E-state index is 12.2. The van der Waals surface area contributed by atoms with Crippen molar-refractivity contribution < 1.29 is 13.2 Å². The number of ether oxygens (including phenoxy) is 1. The maximum Gasteiger partial charge on any atom is 0.179 e. The zero-order valence-corrected chi connectivity index (χ0v) is 13.4. The van der Waals surface area contributed by atoms with Crippen molar-refractivity contribution >= 4 is 27.4 Å². The molecule has 5 nitrogen and oxygen atoms in total. The monoisotopic (exact) mass is 328 g/mol. The number of hydrogen-bond donors (Lipinski definition) is 2. The molecule has 0 aromatic heterocycles. The maximum atomic E-state index is 12.2. The summed E-state index contributed by atoms with van der Waals surface area (Å²) >= 11 is 1.62. The molecule has 0 amide bonds. The summed E-state index contributed by atoms with van der Waals surface area (Å²) in [4.78, 5) is 0.283. The summed E-state index contributed by atoms with van der Waals surface area (Å²) in [5.41, 5.74) is 5.88. The van der Waals surface area contributed by atoms with Gasteiger partial charge in [0.25, 0.3) is 0 Å². The quantitative estimate of drug-likeness (QED) is 0.451. The van der Waals surface area contributed by atoms with E-state index in [1.54, 1.807) is 23.9 Å². The van der Waals surface area contributed by atoms with E-state index in [2.05, 4.69) is 0 Å². The fourth-order valence-corrected chi connectivity index (χ4v) is 4.95. The second-order valence-electron chi connectivity index (χ2n) is 4.97. The SMILES string of the molecule is N=C(N)c1ccc(S(=O)(=O)CCSCC2CCCO2)cc1. The minimum Gasteiger partial charge on any atom is -0.384 e. The molecule has 0 aliphatic carbocycles.